The molecular weight excluding hydrogens is 270 g/mol. The van der Waals surface area contributed by atoms with Crippen LogP contribution in [-0.2, 0) is 0 Å². The number of hydrogen-bond acceptors (Lipinski definition) is 7. The van der Waals surface area contributed by atoms with Crippen LogP contribution < -0.4 is 15.2 Å². The number of ether oxygens (including phenoxy) is 2. The number of nitrogens with two attached hydrogens (primary N) is 1. The predicted octanol–water partition coefficient (Wildman–Crippen LogP) is 2.05. The molecule has 1 atom stereocenters. The van der Waals surface area contributed by atoms with Crippen LogP contribution in [0, 0.1) is 0 Å². The van der Waals surface area contributed by atoms with Crippen molar-refractivity contribution >= 4 is 28.2 Å². The van der Waals surface area contributed by atoms with Crippen LogP contribution >= 0.6 is 23.1 Å². The van der Waals surface area contributed by atoms with Gasteiger partial charge in [-0.1, -0.05) is 35.2 Å². The first kappa shape index (κ1) is 11.6. The molecule has 3 rings (SSSR count). The Hall–Kier alpha value is -1.47. The fraction of sp³-hybridized carbons (Fsp3) is 0.273. The van der Waals surface area contributed by atoms with Crippen molar-refractivity contribution in [3.8, 4) is 11.5 Å². The summed E-state index contributed by atoms with van der Waals surface area (Å²) in [4.78, 5) is 0. The van der Waals surface area contributed by atoms with E-state index in [0.29, 0.717) is 11.7 Å². The smallest absolute Gasteiger partial charge is 0.203 e. The van der Waals surface area contributed by atoms with Crippen LogP contribution in [0.3, 0.4) is 0 Å². The molecule has 18 heavy (non-hydrogen) atoms. The second-order valence-electron chi connectivity index (χ2n) is 3.71. The van der Waals surface area contributed by atoms with Crippen LogP contribution in [-0.4, -0.2) is 28.7 Å². The largest absolute Gasteiger partial charge is 0.486 e. The molecule has 0 saturated heterocycles. The molecule has 0 aliphatic carbocycles. The highest BCUT2D eigenvalue weighted by Gasteiger charge is 2.21. The van der Waals surface area contributed by atoms with Gasteiger partial charge in [0.15, 0.2) is 15.8 Å². The summed E-state index contributed by atoms with van der Waals surface area (Å²) >= 11 is 2.97. The Morgan fingerprint density at radius 2 is 2.17 bits per heavy atom. The topological polar surface area (TPSA) is 70.3 Å². The number of benzene rings is 1. The molecule has 0 spiro atoms. The van der Waals surface area contributed by atoms with Crippen molar-refractivity contribution in [2.24, 2.45) is 0 Å². The summed E-state index contributed by atoms with van der Waals surface area (Å²) in [7, 11) is 0. The van der Waals surface area contributed by atoms with Gasteiger partial charge < -0.3 is 15.2 Å². The van der Waals surface area contributed by atoms with Gasteiger partial charge >= 0.3 is 0 Å². The maximum atomic E-state index is 5.84. The van der Waals surface area contributed by atoms with Gasteiger partial charge in [-0.25, -0.2) is 0 Å². The highest BCUT2D eigenvalue weighted by Crippen LogP contribution is 2.33. The molecule has 1 aliphatic rings. The minimum absolute atomic E-state index is 0.0232. The van der Waals surface area contributed by atoms with Crippen LogP contribution in [0.2, 0.25) is 0 Å². The van der Waals surface area contributed by atoms with Crippen molar-refractivity contribution in [2.45, 2.75) is 10.4 Å². The molecule has 0 saturated carbocycles. The molecule has 1 aliphatic heterocycles. The van der Waals surface area contributed by atoms with Crippen molar-refractivity contribution in [2.75, 3.05) is 18.1 Å². The van der Waals surface area contributed by atoms with Crippen molar-refractivity contribution in [1.29, 1.82) is 0 Å². The lowest BCUT2D eigenvalue weighted by molar-refractivity contribution is 0.107. The number of nitrogens with zero attached hydrogens (tertiary/aromatic N) is 2. The normalized spacial score (nSPS) is 17.7. The van der Waals surface area contributed by atoms with Crippen LogP contribution in [0.4, 0.5) is 5.13 Å². The molecular formula is C11H11N3O2S2. The molecule has 0 amide bonds. The molecule has 0 fully saturated rings. The number of aromatic nitrogens is 2. The molecule has 0 bridgehead atoms. The quantitative estimate of drug-likeness (QED) is 0.868. The summed E-state index contributed by atoms with van der Waals surface area (Å²) in [6.45, 7) is 0.554. The van der Waals surface area contributed by atoms with E-state index in [1.165, 1.54) is 11.3 Å². The van der Waals surface area contributed by atoms with E-state index in [1.807, 2.05) is 24.3 Å². The Labute approximate surface area is 112 Å². The number of para-hydroxylation sites is 2. The SMILES string of the molecule is Nc1nnc(SC[C@@H]2COc3ccccc3O2)s1. The average molecular weight is 281 g/mol. The third-order valence-corrected chi connectivity index (χ3v) is 4.40. The Kier molecular flexibility index (Phi) is 3.24. The third-order valence-electron chi connectivity index (χ3n) is 2.38. The standard InChI is InChI=1S/C11H11N3O2S2/c12-10-13-14-11(18-10)17-6-7-5-15-8-3-1-2-4-9(8)16-7/h1-4,7H,5-6H2,(H2,12,13)/t7-/m0/s1. The Morgan fingerprint density at radius 3 is 2.94 bits per heavy atom. The molecule has 0 unspecified atom stereocenters. The van der Waals surface area contributed by atoms with E-state index in [0.717, 1.165) is 21.6 Å². The third kappa shape index (κ3) is 2.51. The molecule has 2 N–H and O–H groups in total. The van der Waals surface area contributed by atoms with E-state index in [1.54, 1.807) is 11.8 Å². The van der Waals surface area contributed by atoms with Crippen molar-refractivity contribution in [1.82, 2.24) is 10.2 Å². The number of fused-ring (bicyclic) bond motifs is 1. The number of anilines is 1. The Bertz CT molecular complexity index is 547. The summed E-state index contributed by atoms with van der Waals surface area (Å²) in [5.41, 5.74) is 5.53. The van der Waals surface area contributed by atoms with Crippen molar-refractivity contribution in [3.05, 3.63) is 24.3 Å². The van der Waals surface area contributed by atoms with Gasteiger partial charge in [-0.3, -0.25) is 0 Å². The number of thioether (sulfide) groups is 1. The summed E-state index contributed by atoms with van der Waals surface area (Å²) in [6.07, 6.45) is 0.0232. The minimum Gasteiger partial charge on any atom is -0.486 e. The van der Waals surface area contributed by atoms with E-state index in [4.69, 9.17) is 15.2 Å². The average Bonchev–Trinajstić information content (AvgIpc) is 2.82. The fourth-order valence-electron chi connectivity index (χ4n) is 1.59. The lowest BCUT2D eigenvalue weighted by atomic mass is 10.3. The van der Waals surface area contributed by atoms with Crippen LogP contribution in [0.25, 0.3) is 0 Å². The lowest BCUT2D eigenvalue weighted by Gasteiger charge is -2.25. The van der Waals surface area contributed by atoms with E-state index in [2.05, 4.69) is 10.2 Å². The van der Waals surface area contributed by atoms with Gasteiger partial charge in [-0.2, -0.15) is 0 Å². The van der Waals surface area contributed by atoms with Gasteiger partial charge in [0.05, 0.1) is 0 Å². The van der Waals surface area contributed by atoms with Gasteiger partial charge in [0.25, 0.3) is 0 Å². The van der Waals surface area contributed by atoms with E-state index in [-0.39, 0.29) is 6.10 Å². The lowest BCUT2D eigenvalue weighted by Crippen LogP contribution is -2.31. The highest BCUT2D eigenvalue weighted by atomic mass is 32.2. The summed E-state index contributed by atoms with van der Waals surface area (Å²) in [6, 6.07) is 7.68. The molecule has 2 heterocycles. The highest BCUT2D eigenvalue weighted by molar-refractivity contribution is 8.01. The first-order valence-corrected chi connectivity index (χ1v) is 7.22. The van der Waals surface area contributed by atoms with Crippen molar-refractivity contribution in [3.63, 3.8) is 0 Å². The number of nitrogen functional groups attached to an aromatic ring is 1. The molecule has 1 aromatic heterocycles. The van der Waals surface area contributed by atoms with Crippen LogP contribution in [0.1, 0.15) is 0 Å². The van der Waals surface area contributed by atoms with Crippen LogP contribution in [0.5, 0.6) is 11.5 Å². The van der Waals surface area contributed by atoms with E-state index in [9.17, 15) is 0 Å². The maximum absolute atomic E-state index is 5.84. The molecule has 1 aromatic carbocycles. The summed E-state index contributed by atoms with van der Waals surface area (Å²) in [5, 5.41) is 8.21. The zero-order valence-electron chi connectivity index (χ0n) is 9.41. The molecule has 5 nitrogen and oxygen atoms in total. The molecule has 2 aromatic rings. The second kappa shape index (κ2) is 5.03. The number of rotatable bonds is 3. The van der Waals surface area contributed by atoms with Gasteiger partial charge in [-0.05, 0) is 12.1 Å². The molecule has 94 valence electrons. The van der Waals surface area contributed by atoms with Gasteiger partial charge in [0.1, 0.15) is 12.7 Å². The Balaban J connectivity index is 1.59. The zero-order valence-corrected chi connectivity index (χ0v) is 11.0. The fourth-order valence-corrected chi connectivity index (χ4v) is 3.22. The van der Waals surface area contributed by atoms with E-state index < -0.39 is 0 Å². The first-order valence-electron chi connectivity index (χ1n) is 5.41. The predicted molar refractivity (Wildman–Crippen MR) is 71.4 cm³/mol. The summed E-state index contributed by atoms with van der Waals surface area (Å²) < 4.78 is 12.3. The molecule has 0 radical (unpaired) electrons. The maximum Gasteiger partial charge on any atom is 0.203 e. The van der Waals surface area contributed by atoms with Gasteiger partial charge in [-0.15, -0.1) is 10.2 Å². The van der Waals surface area contributed by atoms with Gasteiger partial charge in [0, 0.05) is 5.75 Å². The zero-order chi connectivity index (χ0) is 12.4. The Morgan fingerprint density at radius 1 is 1.33 bits per heavy atom. The first-order chi connectivity index (χ1) is 8.81. The van der Waals surface area contributed by atoms with Gasteiger partial charge in [0.2, 0.25) is 5.13 Å². The van der Waals surface area contributed by atoms with Crippen molar-refractivity contribution < 1.29 is 9.47 Å². The molecule has 7 heteroatoms. The monoisotopic (exact) mass is 281 g/mol. The minimum atomic E-state index is 0.0232. The second-order valence-corrected chi connectivity index (χ2v) is 5.99. The van der Waals surface area contributed by atoms with E-state index >= 15 is 0 Å². The number of hydrogen-bond donors (Lipinski definition) is 1. The summed E-state index contributed by atoms with van der Waals surface area (Å²) in [5.74, 6) is 2.37. The van der Waals surface area contributed by atoms with Crippen LogP contribution in [0.15, 0.2) is 28.6 Å².